The van der Waals surface area contributed by atoms with E-state index in [1.165, 1.54) is 36.0 Å². The van der Waals surface area contributed by atoms with Crippen LogP contribution in [0.3, 0.4) is 0 Å². The van der Waals surface area contributed by atoms with Crippen molar-refractivity contribution in [1.82, 2.24) is 9.88 Å². The second-order valence-corrected chi connectivity index (χ2v) is 8.11. The molecule has 0 bridgehead atoms. The number of amides is 1. The van der Waals surface area contributed by atoms with E-state index >= 15 is 0 Å². The number of hydrogen-bond acceptors (Lipinski definition) is 5. The Kier molecular flexibility index (Phi) is 6.36. The van der Waals surface area contributed by atoms with Crippen molar-refractivity contribution in [1.29, 1.82) is 0 Å². The van der Waals surface area contributed by atoms with Crippen LogP contribution in [-0.4, -0.2) is 38.9 Å². The third-order valence-corrected chi connectivity index (χ3v) is 5.48. The first-order valence-corrected chi connectivity index (χ1v) is 9.94. The van der Waals surface area contributed by atoms with E-state index in [0.29, 0.717) is 22.8 Å². The van der Waals surface area contributed by atoms with Gasteiger partial charge in [0.05, 0.1) is 35.2 Å². The summed E-state index contributed by atoms with van der Waals surface area (Å²) in [6.45, 7) is 0. The zero-order chi connectivity index (χ0) is 20.4. The van der Waals surface area contributed by atoms with Gasteiger partial charge in [0.2, 0.25) is 0 Å². The van der Waals surface area contributed by atoms with Gasteiger partial charge in [-0.25, -0.2) is 4.39 Å². The number of anilines is 2. The van der Waals surface area contributed by atoms with Crippen LogP contribution in [0.4, 0.5) is 15.8 Å². The molecule has 4 N–H and O–H groups in total. The molecule has 1 fully saturated rings. The highest BCUT2D eigenvalue weighted by Crippen LogP contribution is 2.25. The molecular formula is C19H21FIN3O4. The largest absolute Gasteiger partial charge is 0.390 e. The van der Waals surface area contributed by atoms with Crippen LogP contribution in [0.25, 0.3) is 0 Å². The number of halogens is 2. The topological polar surface area (TPSA) is 104 Å². The lowest BCUT2D eigenvalue weighted by atomic mass is 9.90. The lowest BCUT2D eigenvalue weighted by Crippen LogP contribution is -2.51. The van der Waals surface area contributed by atoms with E-state index in [0.717, 1.165) is 0 Å². The molecule has 1 saturated carbocycles. The number of aryl methyl sites for hydroxylation is 1. The highest BCUT2D eigenvalue weighted by atomic mass is 127. The first-order chi connectivity index (χ1) is 13.3. The van der Waals surface area contributed by atoms with Crippen molar-refractivity contribution in [2.24, 2.45) is 7.05 Å². The van der Waals surface area contributed by atoms with Gasteiger partial charge < -0.3 is 25.4 Å². The molecule has 9 heteroatoms. The van der Waals surface area contributed by atoms with Crippen LogP contribution in [0, 0.1) is 9.39 Å². The Morgan fingerprint density at radius 3 is 2.71 bits per heavy atom. The Morgan fingerprint density at radius 2 is 2.00 bits per heavy atom. The van der Waals surface area contributed by atoms with Gasteiger partial charge in [-0.15, -0.1) is 0 Å². The summed E-state index contributed by atoms with van der Waals surface area (Å²) in [6, 6.07) is 5.18. The fourth-order valence-corrected chi connectivity index (χ4v) is 3.66. The summed E-state index contributed by atoms with van der Waals surface area (Å²) in [7, 11) is 1.51. The number of aromatic nitrogens is 1. The molecular weight excluding hydrogens is 480 g/mol. The molecule has 1 aliphatic carbocycles. The number of nitrogens with one attached hydrogen (secondary N) is 2. The van der Waals surface area contributed by atoms with Crippen LogP contribution in [0.15, 0.2) is 35.3 Å². The van der Waals surface area contributed by atoms with E-state index < -0.39 is 30.0 Å². The van der Waals surface area contributed by atoms with Crippen molar-refractivity contribution in [3.8, 4) is 0 Å². The van der Waals surface area contributed by atoms with Crippen molar-refractivity contribution >= 4 is 39.9 Å². The molecule has 3 atom stereocenters. The number of hydrogen-bond donors (Lipinski definition) is 4. The van der Waals surface area contributed by atoms with Crippen LogP contribution >= 0.6 is 22.6 Å². The average molecular weight is 501 g/mol. The Bertz CT molecular complexity index is 949. The number of nitrogens with zero attached hydrogens (tertiary/aromatic N) is 1. The minimum absolute atomic E-state index is 0.132. The van der Waals surface area contributed by atoms with Crippen molar-refractivity contribution < 1.29 is 19.4 Å². The minimum atomic E-state index is -1.06. The van der Waals surface area contributed by atoms with Gasteiger partial charge in [0, 0.05) is 22.9 Å². The zero-order valence-corrected chi connectivity index (χ0v) is 17.3. The fourth-order valence-electron chi connectivity index (χ4n) is 3.21. The molecule has 0 radical (unpaired) electrons. The predicted molar refractivity (Wildman–Crippen MR) is 111 cm³/mol. The van der Waals surface area contributed by atoms with Gasteiger partial charge in [-0.2, -0.15) is 0 Å². The highest BCUT2D eigenvalue weighted by molar-refractivity contribution is 14.1. The molecule has 1 heterocycles. The summed E-state index contributed by atoms with van der Waals surface area (Å²) >= 11 is 1.98. The Morgan fingerprint density at radius 1 is 1.25 bits per heavy atom. The van der Waals surface area contributed by atoms with E-state index in [1.54, 1.807) is 6.07 Å². The number of carbonyl (C=O) groups excluding carboxylic acids is 1. The van der Waals surface area contributed by atoms with Crippen molar-refractivity contribution in [3.63, 3.8) is 0 Å². The fraction of sp³-hybridized carbons (Fsp3) is 0.368. The third kappa shape index (κ3) is 4.53. The number of pyridine rings is 1. The standard InChI is InChI=1S/C19H21FIN3O4/c1-24-9-11(19(28)23-14-3-2-4-16(25)18(14)27)15(8-17(24)26)22-13-6-5-10(21)7-12(13)20/h5-9,14,16,18,22,25,27H,2-4H2,1H3,(H,23,28). The van der Waals surface area contributed by atoms with Gasteiger partial charge in [-0.1, -0.05) is 0 Å². The van der Waals surface area contributed by atoms with Crippen molar-refractivity contribution in [2.45, 2.75) is 37.5 Å². The lowest BCUT2D eigenvalue weighted by Gasteiger charge is -2.32. The number of rotatable bonds is 4. The molecule has 1 amide bonds. The van der Waals surface area contributed by atoms with E-state index in [9.17, 15) is 24.2 Å². The molecule has 0 saturated heterocycles. The number of aliphatic hydroxyl groups is 2. The smallest absolute Gasteiger partial charge is 0.255 e. The van der Waals surface area contributed by atoms with Gasteiger partial charge in [-0.05, 0) is 60.1 Å². The van der Waals surface area contributed by atoms with Crippen LogP contribution in [0.1, 0.15) is 29.6 Å². The third-order valence-electron chi connectivity index (χ3n) is 4.81. The summed E-state index contributed by atoms with van der Waals surface area (Å²) in [6.07, 6.45) is 1.09. The summed E-state index contributed by atoms with van der Waals surface area (Å²) in [4.78, 5) is 24.9. The van der Waals surface area contributed by atoms with Gasteiger partial charge in [0.1, 0.15) is 5.82 Å². The highest BCUT2D eigenvalue weighted by Gasteiger charge is 2.32. The molecule has 3 unspecified atom stereocenters. The SMILES string of the molecule is Cn1cc(C(=O)NC2CCCC(O)C2O)c(Nc2ccc(I)cc2F)cc1=O. The maximum atomic E-state index is 14.2. The van der Waals surface area contributed by atoms with Crippen molar-refractivity contribution in [2.75, 3.05) is 5.32 Å². The summed E-state index contributed by atoms with van der Waals surface area (Å²) in [5.41, 5.74) is 0.0628. The molecule has 28 heavy (non-hydrogen) atoms. The molecule has 3 rings (SSSR count). The Hall–Kier alpha value is -1.98. The molecule has 1 aliphatic rings. The molecule has 7 nitrogen and oxygen atoms in total. The van der Waals surface area contributed by atoms with Gasteiger partial charge in [-0.3, -0.25) is 9.59 Å². The number of benzene rings is 1. The summed E-state index contributed by atoms with van der Waals surface area (Å²) < 4.78 is 16.2. The van der Waals surface area contributed by atoms with E-state index in [2.05, 4.69) is 10.6 Å². The lowest BCUT2D eigenvalue weighted by molar-refractivity contribution is -0.0277. The second-order valence-electron chi connectivity index (χ2n) is 6.87. The molecule has 2 aromatic rings. The van der Waals surface area contributed by atoms with E-state index in [-0.39, 0.29) is 22.5 Å². The molecule has 0 aliphatic heterocycles. The van der Waals surface area contributed by atoms with E-state index in [1.807, 2.05) is 22.6 Å². The average Bonchev–Trinajstić information content (AvgIpc) is 2.64. The van der Waals surface area contributed by atoms with Gasteiger partial charge in [0.25, 0.3) is 11.5 Å². The minimum Gasteiger partial charge on any atom is -0.390 e. The second kappa shape index (κ2) is 8.58. The van der Waals surface area contributed by atoms with Gasteiger partial charge >= 0.3 is 0 Å². The van der Waals surface area contributed by atoms with Crippen LogP contribution in [0.5, 0.6) is 0 Å². The number of aliphatic hydroxyl groups excluding tert-OH is 2. The first kappa shape index (κ1) is 20.7. The Labute approximate surface area is 174 Å². The molecule has 150 valence electrons. The van der Waals surface area contributed by atoms with E-state index in [4.69, 9.17) is 0 Å². The normalized spacial score (nSPS) is 22.0. The quantitative estimate of drug-likeness (QED) is 0.480. The Balaban J connectivity index is 1.90. The van der Waals surface area contributed by atoms with Crippen LogP contribution in [0.2, 0.25) is 0 Å². The van der Waals surface area contributed by atoms with Crippen LogP contribution in [-0.2, 0) is 7.05 Å². The maximum Gasteiger partial charge on any atom is 0.255 e. The van der Waals surface area contributed by atoms with Gasteiger partial charge in [0.15, 0.2) is 0 Å². The first-order valence-electron chi connectivity index (χ1n) is 8.86. The molecule has 1 aromatic heterocycles. The van der Waals surface area contributed by atoms with Crippen LogP contribution < -0.4 is 16.2 Å². The van der Waals surface area contributed by atoms with Crippen molar-refractivity contribution in [3.05, 3.63) is 55.8 Å². The molecule has 0 spiro atoms. The molecule has 1 aromatic carbocycles. The predicted octanol–water partition coefficient (Wildman–Crippen LogP) is 1.88. The monoisotopic (exact) mass is 501 g/mol. The maximum absolute atomic E-state index is 14.2. The summed E-state index contributed by atoms with van der Waals surface area (Å²) in [5.74, 6) is -1.04. The zero-order valence-electron chi connectivity index (χ0n) is 15.2. The summed E-state index contributed by atoms with van der Waals surface area (Å²) in [5, 5.41) is 25.4. The number of carbonyl (C=O) groups is 1.